The van der Waals surface area contributed by atoms with Crippen LogP contribution in [-0.4, -0.2) is 30.3 Å². The quantitative estimate of drug-likeness (QED) is 0.742. The fourth-order valence-electron chi connectivity index (χ4n) is 2.53. The molecule has 1 aromatic rings. The second kappa shape index (κ2) is 5.46. The highest BCUT2D eigenvalue weighted by molar-refractivity contribution is 5.96. The third kappa shape index (κ3) is 3.16. The van der Waals surface area contributed by atoms with Gasteiger partial charge in [-0.3, -0.25) is 4.79 Å². The zero-order valence-corrected chi connectivity index (χ0v) is 10.8. The second-order valence-corrected chi connectivity index (χ2v) is 5.10. The molecule has 0 aromatic heterocycles. The average molecular weight is 231 g/mol. The Bertz CT molecular complexity index is 382. The van der Waals surface area contributed by atoms with Crippen molar-refractivity contribution in [2.75, 3.05) is 13.6 Å². The van der Waals surface area contributed by atoms with E-state index >= 15 is 0 Å². The Hall–Kier alpha value is -1.15. The summed E-state index contributed by atoms with van der Waals surface area (Å²) in [4.78, 5) is 14.4. The molecule has 0 radical (unpaired) electrons. The first-order valence-electron chi connectivity index (χ1n) is 6.47. The predicted molar refractivity (Wildman–Crippen MR) is 70.4 cm³/mol. The molecule has 2 nitrogen and oxygen atoms in total. The summed E-state index contributed by atoms with van der Waals surface area (Å²) >= 11 is 0. The number of benzene rings is 1. The van der Waals surface area contributed by atoms with Gasteiger partial charge >= 0.3 is 0 Å². The van der Waals surface area contributed by atoms with Gasteiger partial charge in [-0.25, -0.2) is 0 Å². The van der Waals surface area contributed by atoms with Gasteiger partial charge in [0, 0.05) is 18.0 Å². The van der Waals surface area contributed by atoms with Gasteiger partial charge in [0.15, 0.2) is 5.78 Å². The molecule has 2 heteroatoms. The lowest BCUT2D eigenvalue weighted by atomic mass is 10.0. The maximum Gasteiger partial charge on any atom is 0.162 e. The number of ketones is 1. The van der Waals surface area contributed by atoms with E-state index < -0.39 is 0 Å². The molecule has 92 valence electrons. The van der Waals surface area contributed by atoms with Crippen LogP contribution in [0.3, 0.4) is 0 Å². The molecule has 1 heterocycles. The molecule has 0 amide bonds. The summed E-state index contributed by atoms with van der Waals surface area (Å²) in [7, 11) is 2.16. The van der Waals surface area contributed by atoms with Gasteiger partial charge in [-0.05, 0) is 39.8 Å². The van der Waals surface area contributed by atoms with Crippen molar-refractivity contribution in [1.82, 2.24) is 4.90 Å². The molecule has 1 aliphatic heterocycles. The summed E-state index contributed by atoms with van der Waals surface area (Å²) < 4.78 is 0. The van der Waals surface area contributed by atoms with E-state index in [2.05, 4.69) is 11.9 Å². The highest BCUT2D eigenvalue weighted by Crippen LogP contribution is 2.20. The summed E-state index contributed by atoms with van der Waals surface area (Å²) in [6.45, 7) is 3.23. The Balaban J connectivity index is 1.87. The van der Waals surface area contributed by atoms with Gasteiger partial charge in [-0.1, -0.05) is 29.8 Å². The fourth-order valence-corrected chi connectivity index (χ4v) is 2.53. The van der Waals surface area contributed by atoms with Gasteiger partial charge in [-0.15, -0.1) is 0 Å². The van der Waals surface area contributed by atoms with Crippen LogP contribution in [0.4, 0.5) is 0 Å². The summed E-state index contributed by atoms with van der Waals surface area (Å²) in [5.41, 5.74) is 2.06. The van der Waals surface area contributed by atoms with E-state index in [1.165, 1.54) is 24.9 Å². The molecule has 0 spiro atoms. The number of carbonyl (C=O) groups is 1. The SMILES string of the molecule is Cc1ccc(C(=O)CCC2CCCN2C)cc1. The van der Waals surface area contributed by atoms with Gasteiger partial charge < -0.3 is 4.90 Å². The molecule has 1 unspecified atom stereocenters. The molecule has 0 saturated carbocycles. The monoisotopic (exact) mass is 231 g/mol. The Kier molecular flexibility index (Phi) is 3.95. The van der Waals surface area contributed by atoms with Crippen LogP contribution in [-0.2, 0) is 0 Å². The minimum Gasteiger partial charge on any atom is -0.303 e. The van der Waals surface area contributed by atoms with Gasteiger partial charge in [0.05, 0.1) is 0 Å². The van der Waals surface area contributed by atoms with E-state index in [0.29, 0.717) is 12.5 Å². The molecule has 2 rings (SSSR count). The summed E-state index contributed by atoms with van der Waals surface area (Å²) in [5, 5.41) is 0. The molecule has 1 aliphatic rings. The Morgan fingerprint density at radius 2 is 2.06 bits per heavy atom. The molecule has 1 saturated heterocycles. The number of aryl methyl sites for hydroxylation is 1. The van der Waals surface area contributed by atoms with Gasteiger partial charge in [0.1, 0.15) is 0 Å². The summed E-state index contributed by atoms with van der Waals surface area (Å²) in [6, 6.07) is 8.51. The van der Waals surface area contributed by atoms with Crippen LogP contribution in [0.15, 0.2) is 24.3 Å². The highest BCUT2D eigenvalue weighted by atomic mass is 16.1. The number of hydrogen-bond acceptors (Lipinski definition) is 2. The molecule has 0 aliphatic carbocycles. The standard InChI is InChI=1S/C15H21NO/c1-12-5-7-13(8-6-12)15(17)10-9-14-4-3-11-16(14)2/h5-8,14H,3-4,9-11H2,1-2H3. The van der Waals surface area contributed by atoms with E-state index in [-0.39, 0.29) is 5.78 Å². The smallest absolute Gasteiger partial charge is 0.162 e. The lowest BCUT2D eigenvalue weighted by Crippen LogP contribution is -2.25. The first kappa shape index (κ1) is 12.3. The van der Waals surface area contributed by atoms with E-state index in [9.17, 15) is 4.79 Å². The van der Waals surface area contributed by atoms with Crippen molar-refractivity contribution < 1.29 is 4.79 Å². The summed E-state index contributed by atoms with van der Waals surface area (Å²) in [5.74, 6) is 0.283. The van der Waals surface area contributed by atoms with Crippen LogP contribution >= 0.6 is 0 Å². The molecule has 1 fully saturated rings. The lowest BCUT2D eigenvalue weighted by Gasteiger charge is -2.18. The van der Waals surface area contributed by atoms with Crippen molar-refractivity contribution in [2.45, 2.75) is 38.6 Å². The van der Waals surface area contributed by atoms with Crippen LogP contribution in [0.2, 0.25) is 0 Å². The van der Waals surface area contributed by atoms with E-state index in [1.54, 1.807) is 0 Å². The normalized spacial score (nSPS) is 20.7. The molecule has 0 bridgehead atoms. The van der Waals surface area contributed by atoms with Gasteiger partial charge in [-0.2, -0.15) is 0 Å². The van der Waals surface area contributed by atoms with Crippen LogP contribution in [0, 0.1) is 6.92 Å². The largest absolute Gasteiger partial charge is 0.303 e. The maximum absolute atomic E-state index is 12.0. The highest BCUT2D eigenvalue weighted by Gasteiger charge is 2.21. The van der Waals surface area contributed by atoms with E-state index in [1.807, 2.05) is 31.2 Å². The average Bonchev–Trinajstić information content (AvgIpc) is 2.73. The van der Waals surface area contributed by atoms with E-state index in [4.69, 9.17) is 0 Å². The van der Waals surface area contributed by atoms with Crippen molar-refractivity contribution in [3.05, 3.63) is 35.4 Å². The topological polar surface area (TPSA) is 20.3 Å². The van der Waals surface area contributed by atoms with Crippen LogP contribution < -0.4 is 0 Å². The Morgan fingerprint density at radius 3 is 2.65 bits per heavy atom. The Morgan fingerprint density at radius 1 is 1.35 bits per heavy atom. The van der Waals surface area contributed by atoms with Gasteiger partial charge in [0.25, 0.3) is 0 Å². The molecule has 1 atom stereocenters. The van der Waals surface area contributed by atoms with Crippen molar-refractivity contribution in [2.24, 2.45) is 0 Å². The van der Waals surface area contributed by atoms with Crippen LogP contribution in [0.1, 0.15) is 41.6 Å². The van der Waals surface area contributed by atoms with Crippen molar-refractivity contribution >= 4 is 5.78 Å². The minimum atomic E-state index is 0.283. The number of nitrogens with zero attached hydrogens (tertiary/aromatic N) is 1. The molecular formula is C15H21NO. The minimum absolute atomic E-state index is 0.283. The van der Waals surface area contributed by atoms with Gasteiger partial charge in [0.2, 0.25) is 0 Å². The third-order valence-electron chi connectivity index (χ3n) is 3.75. The number of Topliss-reactive ketones (excluding diaryl/α,β-unsaturated/α-hetero) is 1. The number of rotatable bonds is 4. The zero-order valence-electron chi connectivity index (χ0n) is 10.8. The van der Waals surface area contributed by atoms with Crippen LogP contribution in [0.25, 0.3) is 0 Å². The molecule has 0 N–H and O–H groups in total. The van der Waals surface area contributed by atoms with Crippen molar-refractivity contribution in [1.29, 1.82) is 0 Å². The lowest BCUT2D eigenvalue weighted by molar-refractivity contribution is 0.0970. The zero-order chi connectivity index (χ0) is 12.3. The first-order chi connectivity index (χ1) is 8.16. The number of likely N-dealkylation sites (tertiary alicyclic amines) is 1. The first-order valence-corrected chi connectivity index (χ1v) is 6.47. The number of carbonyl (C=O) groups excluding carboxylic acids is 1. The van der Waals surface area contributed by atoms with Crippen molar-refractivity contribution in [3.8, 4) is 0 Å². The van der Waals surface area contributed by atoms with E-state index in [0.717, 1.165) is 12.0 Å². The number of hydrogen-bond donors (Lipinski definition) is 0. The molecule has 17 heavy (non-hydrogen) atoms. The predicted octanol–water partition coefficient (Wildman–Crippen LogP) is 3.05. The molecule has 1 aromatic carbocycles. The second-order valence-electron chi connectivity index (χ2n) is 5.10. The fraction of sp³-hybridized carbons (Fsp3) is 0.533. The summed E-state index contributed by atoms with van der Waals surface area (Å²) in [6.07, 6.45) is 4.21. The van der Waals surface area contributed by atoms with Crippen molar-refractivity contribution in [3.63, 3.8) is 0 Å². The van der Waals surface area contributed by atoms with Crippen LogP contribution in [0.5, 0.6) is 0 Å². The maximum atomic E-state index is 12.0. The third-order valence-corrected chi connectivity index (χ3v) is 3.75. The Labute approximate surface area is 104 Å². The molecular weight excluding hydrogens is 210 g/mol.